The highest BCUT2D eigenvalue weighted by molar-refractivity contribution is 5.86. The van der Waals surface area contributed by atoms with E-state index in [-0.39, 0.29) is 37.2 Å². The molecule has 0 amide bonds. The molecule has 3 nitrogen and oxygen atoms in total. The number of aromatic nitrogens is 1. The normalized spacial score (nSPS) is 7.54. The molecular formula is C7H14Cl3N3. The second-order valence-electron chi connectivity index (χ2n) is 2.03. The van der Waals surface area contributed by atoms with Crippen molar-refractivity contribution < 1.29 is 0 Å². The van der Waals surface area contributed by atoms with Gasteiger partial charge in [0, 0.05) is 13.1 Å². The third kappa shape index (κ3) is 6.07. The van der Waals surface area contributed by atoms with E-state index in [0.29, 0.717) is 13.1 Å². The highest BCUT2D eigenvalue weighted by Crippen LogP contribution is 1.96. The first-order valence-electron chi connectivity index (χ1n) is 3.21. The minimum Gasteiger partial charge on any atom is -0.325 e. The molecule has 0 atom stereocenters. The quantitative estimate of drug-likeness (QED) is 0.826. The molecule has 0 unspecified atom stereocenters. The van der Waals surface area contributed by atoms with E-state index in [9.17, 15) is 0 Å². The molecule has 1 aromatic rings. The summed E-state index contributed by atoms with van der Waals surface area (Å²) in [7, 11) is 0. The molecule has 0 spiro atoms. The van der Waals surface area contributed by atoms with Crippen LogP contribution in [0.25, 0.3) is 0 Å². The Morgan fingerprint density at radius 1 is 0.923 bits per heavy atom. The number of pyridine rings is 1. The number of hydrogen-bond donors (Lipinski definition) is 2. The molecule has 0 saturated carbocycles. The Labute approximate surface area is 96.5 Å². The molecule has 0 bridgehead atoms. The van der Waals surface area contributed by atoms with Gasteiger partial charge >= 0.3 is 0 Å². The molecule has 6 heteroatoms. The van der Waals surface area contributed by atoms with Crippen LogP contribution in [0, 0.1) is 0 Å². The van der Waals surface area contributed by atoms with Crippen LogP contribution in [-0.2, 0) is 13.1 Å². The zero-order valence-electron chi connectivity index (χ0n) is 6.97. The maximum atomic E-state index is 5.37. The highest BCUT2D eigenvalue weighted by Gasteiger charge is 1.91. The van der Waals surface area contributed by atoms with E-state index in [1.165, 1.54) is 0 Å². The molecule has 78 valence electrons. The lowest BCUT2D eigenvalue weighted by Gasteiger charge is -1.97. The third-order valence-electron chi connectivity index (χ3n) is 1.28. The monoisotopic (exact) mass is 245 g/mol. The molecule has 0 aliphatic heterocycles. The van der Waals surface area contributed by atoms with Gasteiger partial charge in [0.15, 0.2) is 0 Å². The Kier molecular flexibility index (Phi) is 14.4. The van der Waals surface area contributed by atoms with Crippen molar-refractivity contribution in [2.45, 2.75) is 13.1 Å². The molecule has 0 aliphatic rings. The zero-order valence-corrected chi connectivity index (χ0v) is 9.42. The van der Waals surface area contributed by atoms with E-state index in [1.54, 1.807) is 0 Å². The molecule has 0 aromatic carbocycles. The van der Waals surface area contributed by atoms with Gasteiger partial charge in [0.2, 0.25) is 0 Å². The Hall–Kier alpha value is -0.0600. The van der Waals surface area contributed by atoms with Crippen molar-refractivity contribution in [3.8, 4) is 0 Å². The molecular weight excluding hydrogens is 232 g/mol. The van der Waals surface area contributed by atoms with Gasteiger partial charge in [-0.2, -0.15) is 0 Å². The molecule has 0 radical (unpaired) electrons. The first-order chi connectivity index (χ1) is 4.86. The fourth-order valence-electron chi connectivity index (χ4n) is 0.757. The maximum Gasteiger partial charge on any atom is 0.0543 e. The van der Waals surface area contributed by atoms with Crippen LogP contribution >= 0.6 is 37.2 Å². The highest BCUT2D eigenvalue weighted by atomic mass is 35.5. The lowest BCUT2D eigenvalue weighted by atomic mass is 10.3. The van der Waals surface area contributed by atoms with E-state index in [1.807, 2.05) is 18.2 Å². The van der Waals surface area contributed by atoms with Crippen molar-refractivity contribution in [3.63, 3.8) is 0 Å². The molecule has 0 fully saturated rings. The summed E-state index contributed by atoms with van der Waals surface area (Å²) in [6.45, 7) is 0.960. The second kappa shape index (κ2) is 10.0. The van der Waals surface area contributed by atoms with E-state index < -0.39 is 0 Å². The van der Waals surface area contributed by atoms with Crippen molar-refractivity contribution in [1.29, 1.82) is 0 Å². The topological polar surface area (TPSA) is 64.9 Å². The number of hydrogen-bond acceptors (Lipinski definition) is 3. The van der Waals surface area contributed by atoms with E-state index in [2.05, 4.69) is 4.98 Å². The SMILES string of the molecule is Cl.Cl.Cl.NCc1cccc(CN)n1. The maximum absolute atomic E-state index is 5.37. The zero-order chi connectivity index (χ0) is 7.40. The van der Waals surface area contributed by atoms with Gasteiger partial charge in [-0.25, -0.2) is 0 Å². The summed E-state index contributed by atoms with van der Waals surface area (Å²) in [6.07, 6.45) is 0. The summed E-state index contributed by atoms with van der Waals surface area (Å²) in [5, 5.41) is 0. The molecule has 1 aromatic heterocycles. The second-order valence-corrected chi connectivity index (χ2v) is 2.03. The van der Waals surface area contributed by atoms with Crippen molar-refractivity contribution in [2.24, 2.45) is 11.5 Å². The van der Waals surface area contributed by atoms with E-state index in [0.717, 1.165) is 11.4 Å². The van der Waals surface area contributed by atoms with E-state index in [4.69, 9.17) is 11.5 Å². The molecule has 0 aliphatic carbocycles. The lowest BCUT2D eigenvalue weighted by Crippen LogP contribution is -2.04. The predicted octanol–water partition coefficient (Wildman–Crippen LogP) is 1.26. The van der Waals surface area contributed by atoms with Crippen LogP contribution in [0.5, 0.6) is 0 Å². The first kappa shape index (κ1) is 18.7. The Bertz CT molecular complexity index is 201. The summed E-state index contributed by atoms with van der Waals surface area (Å²) < 4.78 is 0. The molecule has 0 saturated heterocycles. The number of rotatable bonds is 2. The van der Waals surface area contributed by atoms with Crippen LogP contribution < -0.4 is 11.5 Å². The van der Waals surface area contributed by atoms with Gasteiger partial charge < -0.3 is 11.5 Å². The van der Waals surface area contributed by atoms with Crippen LogP contribution in [0.3, 0.4) is 0 Å². The van der Waals surface area contributed by atoms with Crippen molar-refractivity contribution in [3.05, 3.63) is 29.6 Å². The standard InChI is InChI=1S/C7H11N3.3ClH/c8-4-6-2-1-3-7(5-9)10-6;;;/h1-3H,4-5,8-9H2;3*1H. The Morgan fingerprint density at radius 2 is 1.31 bits per heavy atom. The van der Waals surface area contributed by atoms with Gasteiger partial charge in [0.1, 0.15) is 0 Å². The van der Waals surface area contributed by atoms with Crippen molar-refractivity contribution in [1.82, 2.24) is 4.98 Å². The summed E-state index contributed by atoms with van der Waals surface area (Å²) in [5.74, 6) is 0. The van der Waals surface area contributed by atoms with Crippen LogP contribution in [0.1, 0.15) is 11.4 Å². The lowest BCUT2D eigenvalue weighted by molar-refractivity contribution is 0.916. The average molecular weight is 247 g/mol. The molecule has 1 rings (SSSR count). The number of nitrogens with two attached hydrogens (primary N) is 2. The third-order valence-corrected chi connectivity index (χ3v) is 1.28. The largest absolute Gasteiger partial charge is 0.325 e. The van der Waals surface area contributed by atoms with Gasteiger partial charge in [-0.3, -0.25) is 4.98 Å². The molecule has 1 heterocycles. The number of nitrogens with zero attached hydrogens (tertiary/aromatic N) is 1. The predicted molar refractivity (Wildman–Crippen MR) is 61.8 cm³/mol. The summed E-state index contributed by atoms with van der Waals surface area (Å²) in [5.41, 5.74) is 12.5. The minimum absolute atomic E-state index is 0. The fraction of sp³-hybridized carbons (Fsp3) is 0.286. The smallest absolute Gasteiger partial charge is 0.0543 e. The summed E-state index contributed by atoms with van der Waals surface area (Å²) in [6, 6.07) is 5.69. The van der Waals surface area contributed by atoms with Gasteiger partial charge in [-0.1, -0.05) is 6.07 Å². The van der Waals surface area contributed by atoms with Gasteiger partial charge in [0.05, 0.1) is 11.4 Å². The fourth-order valence-corrected chi connectivity index (χ4v) is 0.757. The van der Waals surface area contributed by atoms with Gasteiger partial charge in [-0.15, -0.1) is 37.2 Å². The van der Waals surface area contributed by atoms with Crippen LogP contribution in [0.2, 0.25) is 0 Å². The van der Waals surface area contributed by atoms with Gasteiger partial charge in [0.25, 0.3) is 0 Å². The van der Waals surface area contributed by atoms with Crippen LogP contribution in [0.15, 0.2) is 18.2 Å². The average Bonchev–Trinajstić information content (AvgIpc) is 2.05. The minimum atomic E-state index is 0. The molecule has 4 N–H and O–H groups in total. The van der Waals surface area contributed by atoms with Crippen molar-refractivity contribution in [2.75, 3.05) is 0 Å². The van der Waals surface area contributed by atoms with Crippen LogP contribution in [0.4, 0.5) is 0 Å². The van der Waals surface area contributed by atoms with Crippen molar-refractivity contribution >= 4 is 37.2 Å². The first-order valence-corrected chi connectivity index (χ1v) is 3.21. The Balaban J connectivity index is -0.000000333. The van der Waals surface area contributed by atoms with E-state index >= 15 is 0 Å². The number of halogens is 3. The summed E-state index contributed by atoms with van der Waals surface area (Å²) >= 11 is 0. The molecule has 13 heavy (non-hydrogen) atoms. The van der Waals surface area contributed by atoms with Crippen LogP contribution in [-0.4, -0.2) is 4.98 Å². The van der Waals surface area contributed by atoms with Gasteiger partial charge in [-0.05, 0) is 12.1 Å². The Morgan fingerprint density at radius 3 is 1.62 bits per heavy atom. The summed E-state index contributed by atoms with van der Waals surface area (Å²) in [4.78, 5) is 4.16.